The lowest BCUT2D eigenvalue weighted by Gasteiger charge is -2.14. The maximum atomic E-state index is 12.2. The SMILES string of the molecule is COC(=O)c1cc(OCc2ccccc2)c(OC)cc1-c1ncco1. The highest BCUT2D eigenvalue weighted by Crippen LogP contribution is 2.36. The summed E-state index contributed by atoms with van der Waals surface area (Å²) in [7, 11) is 2.85. The van der Waals surface area contributed by atoms with Crippen LogP contribution >= 0.6 is 0 Å². The second kappa shape index (κ2) is 7.53. The molecule has 0 saturated carbocycles. The van der Waals surface area contributed by atoms with Crippen molar-refractivity contribution in [3.05, 3.63) is 66.1 Å². The Hall–Kier alpha value is -3.28. The van der Waals surface area contributed by atoms with E-state index in [-0.39, 0.29) is 5.56 Å². The minimum absolute atomic E-state index is 0.286. The smallest absolute Gasteiger partial charge is 0.338 e. The number of ether oxygens (including phenoxy) is 3. The molecule has 0 radical (unpaired) electrons. The molecule has 0 saturated heterocycles. The molecule has 0 atom stereocenters. The maximum absolute atomic E-state index is 12.2. The summed E-state index contributed by atoms with van der Waals surface area (Å²) in [5, 5.41) is 0. The molecule has 0 unspecified atom stereocenters. The first-order valence-corrected chi connectivity index (χ1v) is 7.60. The molecule has 0 bridgehead atoms. The normalized spacial score (nSPS) is 10.3. The zero-order chi connectivity index (χ0) is 17.6. The molecule has 3 rings (SSSR count). The molecule has 0 fully saturated rings. The van der Waals surface area contributed by atoms with E-state index in [0.29, 0.717) is 29.6 Å². The fourth-order valence-corrected chi connectivity index (χ4v) is 2.38. The first-order valence-electron chi connectivity index (χ1n) is 7.60. The molecule has 2 aromatic carbocycles. The summed E-state index contributed by atoms with van der Waals surface area (Å²) in [5.74, 6) is 0.688. The predicted octanol–water partition coefficient (Wildman–Crippen LogP) is 3.72. The van der Waals surface area contributed by atoms with Gasteiger partial charge in [-0.05, 0) is 17.7 Å². The van der Waals surface area contributed by atoms with Crippen molar-refractivity contribution in [1.29, 1.82) is 0 Å². The zero-order valence-electron chi connectivity index (χ0n) is 13.9. The average Bonchev–Trinajstić information content (AvgIpc) is 3.20. The summed E-state index contributed by atoms with van der Waals surface area (Å²) in [6, 6.07) is 12.9. The van der Waals surface area contributed by atoms with Crippen molar-refractivity contribution in [2.45, 2.75) is 6.61 Å². The van der Waals surface area contributed by atoms with Crippen molar-refractivity contribution >= 4 is 5.97 Å². The lowest BCUT2D eigenvalue weighted by molar-refractivity contribution is 0.0600. The molecule has 0 aliphatic rings. The summed E-state index contributed by atoms with van der Waals surface area (Å²) < 4.78 is 21.4. The van der Waals surface area contributed by atoms with Crippen molar-refractivity contribution in [2.24, 2.45) is 0 Å². The summed E-state index contributed by atoms with van der Waals surface area (Å²) in [6.07, 6.45) is 2.94. The van der Waals surface area contributed by atoms with Crippen LogP contribution in [0.3, 0.4) is 0 Å². The number of oxazole rings is 1. The fourth-order valence-electron chi connectivity index (χ4n) is 2.38. The predicted molar refractivity (Wildman–Crippen MR) is 90.6 cm³/mol. The van der Waals surface area contributed by atoms with Crippen LogP contribution in [0.5, 0.6) is 11.5 Å². The number of methoxy groups -OCH3 is 2. The van der Waals surface area contributed by atoms with Gasteiger partial charge in [-0.1, -0.05) is 30.3 Å². The quantitative estimate of drug-likeness (QED) is 0.638. The van der Waals surface area contributed by atoms with Gasteiger partial charge in [-0.25, -0.2) is 9.78 Å². The van der Waals surface area contributed by atoms with Gasteiger partial charge in [-0.2, -0.15) is 0 Å². The highest BCUT2D eigenvalue weighted by atomic mass is 16.5. The molecule has 1 aromatic heterocycles. The Morgan fingerprint density at radius 2 is 1.92 bits per heavy atom. The van der Waals surface area contributed by atoms with Crippen LogP contribution in [0, 0.1) is 0 Å². The van der Waals surface area contributed by atoms with Crippen LogP contribution in [0.25, 0.3) is 11.5 Å². The summed E-state index contributed by atoms with van der Waals surface area (Å²) in [6.45, 7) is 0.343. The molecule has 6 nitrogen and oxygen atoms in total. The van der Waals surface area contributed by atoms with Crippen molar-refractivity contribution in [1.82, 2.24) is 4.98 Å². The Bertz CT molecular complexity index is 844. The number of carbonyl (C=O) groups excluding carboxylic acids is 1. The molecule has 0 N–H and O–H groups in total. The number of benzene rings is 2. The lowest BCUT2D eigenvalue weighted by Crippen LogP contribution is -2.06. The van der Waals surface area contributed by atoms with Gasteiger partial charge in [0.05, 0.1) is 31.5 Å². The third-order valence-electron chi connectivity index (χ3n) is 3.61. The minimum Gasteiger partial charge on any atom is -0.493 e. The monoisotopic (exact) mass is 339 g/mol. The number of hydrogen-bond acceptors (Lipinski definition) is 6. The Kier molecular flexibility index (Phi) is 4.99. The number of esters is 1. The highest BCUT2D eigenvalue weighted by molar-refractivity contribution is 5.97. The number of nitrogens with zero attached hydrogens (tertiary/aromatic N) is 1. The third-order valence-corrected chi connectivity index (χ3v) is 3.61. The van der Waals surface area contributed by atoms with Crippen LogP contribution in [-0.2, 0) is 11.3 Å². The topological polar surface area (TPSA) is 70.8 Å². The van der Waals surface area contributed by atoms with E-state index < -0.39 is 5.97 Å². The molecular weight excluding hydrogens is 322 g/mol. The molecular formula is C19H17NO5. The summed E-state index contributed by atoms with van der Waals surface area (Å²) >= 11 is 0. The number of aromatic nitrogens is 1. The van der Waals surface area contributed by atoms with Gasteiger partial charge < -0.3 is 18.6 Å². The summed E-state index contributed by atoms with van der Waals surface area (Å²) in [4.78, 5) is 16.3. The Balaban J connectivity index is 1.99. The standard InChI is InChI=1S/C19H17NO5/c1-22-16-10-14(18-20-8-9-24-18)15(19(21)23-2)11-17(16)25-12-13-6-4-3-5-7-13/h3-11H,12H2,1-2H3. The van der Waals surface area contributed by atoms with Crippen molar-refractivity contribution in [3.8, 4) is 23.0 Å². The van der Waals surface area contributed by atoms with Gasteiger partial charge >= 0.3 is 5.97 Å². The van der Waals surface area contributed by atoms with E-state index in [1.54, 1.807) is 12.1 Å². The van der Waals surface area contributed by atoms with E-state index in [4.69, 9.17) is 18.6 Å². The third kappa shape index (κ3) is 3.63. The first-order chi connectivity index (χ1) is 12.2. The molecule has 3 aromatic rings. The van der Waals surface area contributed by atoms with Gasteiger partial charge in [0.2, 0.25) is 5.89 Å². The van der Waals surface area contributed by atoms with E-state index in [2.05, 4.69) is 4.98 Å². The highest BCUT2D eigenvalue weighted by Gasteiger charge is 2.21. The van der Waals surface area contributed by atoms with E-state index in [1.165, 1.54) is 26.7 Å². The van der Waals surface area contributed by atoms with Gasteiger partial charge in [0.25, 0.3) is 0 Å². The summed E-state index contributed by atoms with van der Waals surface area (Å²) in [5.41, 5.74) is 1.76. The molecule has 0 aliphatic heterocycles. The van der Waals surface area contributed by atoms with Crippen molar-refractivity contribution < 1.29 is 23.4 Å². The first kappa shape index (κ1) is 16.6. The molecule has 0 aliphatic carbocycles. The van der Waals surface area contributed by atoms with Crippen LogP contribution in [0.1, 0.15) is 15.9 Å². The van der Waals surface area contributed by atoms with Gasteiger partial charge in [-0.15, -0.1) is 0 Å². The average molecular weight is 339 g/mol. The van der Waals surface area contributed by atoms with Crippen molar-refractivity contribution in [2.75, 3.05) is 14.2 Å². The Morgan fingerprint density at radius 1 is 1.12 bits per heavy atom. The maximum Gasteiger partial charge on any atom is 0.338 e. The van der Waals surface area contributed by atoms with Crippen molar-refractivity contribution in [3.63, 3.8) is 0 Å². The number of hydrogen-bond donors (Lipinski definition) is 0. The second-order valence-electron chi connectivity index (χ2n) is 5.15. The largest absolute Gasteiger partial charge is 0.493 e. The molecule has 6 heteroatoms. The fraction of sp³-hybridized carbons (Fsp3) is 0.158. The molecule has 0 spiro atoms. The molecule has 128 valence electrons. The molecule has 1 heterocycles. The van der Waals surface area contributed by atoms with E-state index in [0.717, 1.165) is 5.56 Å². The van der Waals surface area contributed by atoms with Gasteiger partial charge in [0.15, 0.2) is 11.5 Å². The second-order valence-corrected chi connectivity index (χ2v) is 5.15. The van der Waals surface area contributed by atoms with Crippen LogP contribution in [-0.4, -0.2) is 25.2 Å². The zero-order valence-corrected chi connectivity index (χ0v) is 13.9. The van der Waals surface area contributed by atoms with Gasteiger partial charge in [-0.3, -0.25) is 0 Å². The lowest BCUT2D eigenvalue weighted by atomic mass is 10.1. The molecule has 25 heavy (non-hydrogen) atoms. The van der Waals surface area contributed by atoms with E-state index in [1.807, 2.05) is 30.3 Å². The van der Waals surface area contributed by atoms with Gasteiger partial charge in [0.1, 0.15) is 12.9 Å². The van der Waals surface area contributed by atoms with E-state index in [9.17, 15) is 4.79 Å². The number of rotatable bonds is 6. The Labute approximate surface area is 145 Å². The Morgan fingerprint density at radius 3 is 2.56 bits per heavy atom. The number of carbonyl (C=O) groups is 1. The van der Waals surface area contributed by atoms with Crippen LogP contribution in [0.15, 0.2) is 59.3 Å². The van der Waals surface area contributed by atoms with Crippen LogP contribution < -0.4 is 9.47 Å². The minimum atomic E-state index is -0.514. The van der Waals surface area contributed by atoms with Gasteiger partial charge in [0, 0.05) is 0 Å². The van der Waals surface area contributed by atoms with Crippen LogP contribution in [0.2, 0.25) is 0 Å². The van der Waals surface area contributed by atoms with E-state index >= 15 is 0 Å². The molecule has 0 amide bonds. The van der Waals surface area contributed by atoms with Crippen LogP contribution in [0.4, 0.5) is 0 Å².